The fourth-order valence-electron chi connectivity index (χ4n) is 6.86. The van der Waals surface area contributed by atoms with Gasteiger partial charge in [-0.3, -0.25) is 28.3 Å². The van der Waals surface area contributed by atoms with E-state index in [4.69, 9.17) is 0 Å². The fraction of sp³-hybridized carbons (Fsp3) is 0.0213. The summed E-state index contributed by atoms with van der Waals surface area (Å²) in [6, 6.07) is 30.1. The summed E-state index contributed by atoms with van der Waals surface area (Å²) in [5, 5.41) is 11.3. The molecule has 6 aromatic heterocycles. The summed E-state index contributed by atoms with van der Waals surface area (Å²) in [6.07, 6.45) is 8.82. The van der Waals surface area contributed by atoms with Gasteiger partial charge in [-0.15, -0.1) is 0 Å². The lowest BCUT2D eigenvalue weighted by Gasteiger charge is -2.11. The molecule has 4 aromatic carbocycles. The summed E-state index contributed by atoms with van der Waals surface area (Å²) in [5.74, 6) is -1.37. The van der Waals surface area contributed by atoms with Crippen LogP contribution in [0, 0.1) is 18.6 Å². The predicted octanol–water partition coefficient (Wildman–Crippen LogP) is 7.59. The molecule has 0 saturated heterocycles. The average molecular weight is 897 g/mol. The van der Waals surface area contributed by atoms with Gasteiger partial charge < -0.3 is 31.2 Å². The maximum absolute atomic E-state index is 14.8. The van der Waals surface area contributed by atoms with Crippen LogP contribution in [0.25, 0.3) is 33.7 Å². The summed E-state index contributed by atoms with van der Waals surface area (Å²) < 4.78 is 30.9. The molecule has 6 N–H and O–H groups in total. The highest BCUT2D eigenvalue weighted by atomic mass is 19.1. The molecule has 0 spiro atoms. The van der Waals surface area contributed by atoms with Crippen molar-refractivity contribution in [3.63, 3.8) is 0 Å². The van der Waals surface area contributed by atoms with E-state index < -0.39 is 34.6 Å². The number of nitrogens with zero attached hydrogens (tertiary/aromatic N) is 8. The van der Waals surface area contributed by atoms with Gasteiger partial charge in [-0.2, -0.15) is 0 Å². The topological polar surface area (TPSA) is 235 Å². The van der Waals surface area contributed by atoms with Crippen molar-refractivity contribution in [2.75, 3.05) is 21.3 Å². The van der Waals surface area contributed by atoms with Crippen LogP contribution >= 0.6 is 0 Å². The molecule has 0 atom stereocenters. The van der Waals surface area contributed by atoms with Crippen molar-refractivity contribution in [2.24, 2.45) is 0 Å². The van der Waals surface area contributed by atoms with Crippen LogP contribution in [0.15, 0.2) is 163 Å². The molecular formula is C47H34F2N14O4. The van der Waals surface area contributed by atoms with Crippen LogP contribution in [0.3, 0.4) is 0 Å². The van der Waals surface area contributed by atoms with Crippen molar-refractivity contribution < 1.29 is 18.4 Å². The Morgan fingerprint density at radius 2 is 1.09 bits per heavy atom. The molecule has 0 aliphatic carbocycles. The maximum Gasteiger partial charge on any atom is 0.267 e. The lowest BCUT2D eigenvalue weighted by Crippen LogP contribution is -2.27. The average Bonchev–Trinajstić information content (AvgIpc) is 4.03. The van der Waals surface area contributed by atoms with Crippen molar-refractivity contribution in [1.29, 1.82) is 0 Å². The number of fused-ring (bicyclic) bond motifs is 2. The molecule has 67 heavy (non-hydrogen) atoms. The van der Waals surface area contributed by atoms with Crippen molar-refractivity contribution in [3.8, 4) is 11.4 Å². The Labute approximate surface area is 376 Å². The molecule has 6 heterocycles. The summed E-state index contributed by atoms with van der Waals surface area (Å²) in [7, 11) is 0. The number of hydrogen-bond acceptors (Lipinski definition) is 12. The quantitative estimate of drug-likeness (QED) is 0.0779. The van der Waals surface area contributed by atoms with E-state index in [1.807, 2.05) is 25.1 Å². The number of pyridine rings is 2. The van der Waals surface area contributed by atoms with E-state index in [-0.39, 0.29) is 22.5 Å². The summed E-state index contributed by atoms with van der Waals surface area (Å²) in [5.41, 5.74) is 4.60. The van der Waals surface area contributed by atoms with E-state index in [2.05, 4.69) is 61.1 Å². The maximum atomic E-state index is 14.8. The number of carbonyl (C=O) groups is 2. The van der Waals surface area contributed by atoms with Crippen molar-refractivity contribution >= 4 is 68.5 Å². The Bertz CT molecular complexity index is 3590. The third-order valence-electron chi connectivity index (χ3n) is 10.1. The smallest absolute Gasteiger partial charge is 0.267 e. The summed E-state index contributed by atoms with van der Waals surface area (Å²) in [6.45, 7) is 1.92. The lowest BCUT2D eigenvalue weighted by atomic mass is 10.2. The Morgan fingerprint density at radius 1 is 0.552 bits per heavy atom. The minimum Gasteiger partial charge on any atom is -0.340 e. The third kappa shape index (κ3) is 9.33. The van der Waals surface area contributed by atoms with Crippen molar-refractivity contribution in [2.45, 2.75) is 6.92 Å². The summed E-state index contributed by atoms with van der Waals surface area (Å²) in [4.78, 5) is 81.7. The Kier molecular flexibility index (Phi) is 11.8. The van der Waals surface area contributed by atoms with E-state index in [1.165, 1.54) is 83.1 Å². The van der Waals surface area contributed by atoms with Crippen LogP contribution in [0.5, 0.6) is 0 Å². The standard InChI is InChI=1S/C24H18FN7O2.C23H16FN7O2/c1-14-4-2-5-16(10-14)32-9-3-6-17(24(32)34)23(33)30-15-7-8-19(18(25)11-15)31-22-20-21(27-12-26-20)28-13-29-22;24-14-3-1-4-17(11-14)31-10-2-5-18(23(31)33)22(32)30-16-8-6-15(7-9-16)29-21-19-20(26-12-25-19)27-13-28-21/h2-13H,1H3,(H,30,33)(H2,26,27,28,29,31);1-13H,(H,30,32)(H2,25,26,27,28,29). The van der Waals surface area contributed by atoms with Crippen LogP contribution in [0.2, 0.25) is 0 Å². The zero-order chi connectivity index (χ0) is 46.4. The molecule has 0 radical (unpaired) electrons. The Hall–Kier alpha value is -9.72. The largest absolute Gasteiger partial charge is 0.340 e. The highest BCUT2D eigenvalue weighted by Crippen LogP contribution is 2.26. The van der Waals surface area contributed by atoms with Gasteiger partial charge in [0.15, 0.2) is 22.9 Å². The third-order valence-corrected chi connectivity index (χ3v) is 10.1. The number of imidazole rings is 2. The second-order valence-corrected chi connectivity index (χ2v) is 14.6. The number of aryl methyl sites for hydroxylation is 1. The first-order chi connectivity index (χ1) is 32.6. The molecule has 0 aliphatic rings. The van der Waals surface area contributed by atoms with E-state index in [1.54, 1.807) is 54.7 Å². The highest BCUT2D eigenvalue weighted by molar-refractivity contribution is 6.05. The number of aromatic amines is 2. The minimum atomic E-state index is -0.637. The number of aromatic nitrogens is 10. The number of carbonyl (C=O) groups excluding carboxylic acids is 2. The van der Waals surface area contributed by atoms with Crippen LogP contribution in [-0.4, -0.2) is 60.8 Å². The van der Waals surface area contributed by atoms with Gasteiger partial charge in [0.1, 0.15) is 46.4 Å². The number of halogens is 2. The molecular weight excluding hydrogens is 863 g/mol. The molecule has 0 bridgehead atoms. The highest BCUT2D eigenvalue weighted by Gasteiger charge is 2.17. The van der Waals surface area contributed by atoms with Crippen LogP contribution in [-0.2, 0) is 0 Å². The molecule has 18 nitrogen and oxygen atoms in total. The van der Waals surface area contributed by atoms with E-state index >= 15 is 0 Å². The number of hydrogen-bond donors (Lipinski definition) is 6. The first kappa shape index (κ1) is 42.6. The first-order valence-electron chi connectivity index (χ1n) is 20.2. The van der Waals surface area contributed by atoms with E-state index in [0.717, 1.165) is 17.3 Å². The van der Waals surface area contributed by atoms with Gasteiger partial charge in [-0.05, 0) is 110 Å². The Morgan fingerprint density at radius 3 is 1.67 bits per heavy atom. The molecule has 10 rings (SSSR count). The van der Waals surface area contributed by atoms with Gasteiger partial charge in [0.25, 0.3) is 22.9 Å². The zero-order valence-electron chi connectivity index (χ0n) is 34.9. The van der Waals surface area contributed by atoms with E-state index in [0.29, 0.717) is 51.0 Å². The van der Waals surface area contributed by atoms with Crippen LogP contribution < -0.4 is 32.4 Å². The van der Waals surface area contributed by atoms with Gasteiger partial charge in [0.05, 0.1) is 24.0 Å². The molecule has 0 saturated carbocycles. The molecule has 20 heteroatoms. The van der Waals surface area contributed by atoms with Crippen molar-refractivity contribution in [1.82, 2.24) is 49.0 Å². The molecule has 330 valence electrons. The predicted molar refractivity (Wildman–Crippen MR) is 247 cm³/mol. The number of anilines is 6. The van der Waals surface area contributed by atoms with Gasteiger partial charge in [0, 0.05) is 35.1 Å². The SMILES string of the molecule is Cc1cccc(-n2cccc(C(=O)Nc3ccc(Nc4ncnc5nc[nH]c45)c(F)c3)c2=O)c1.O=C(Nc1ccc(Nc2ncnc3nc[nH]c23)cc1)c1cccn(-c2cccc(F)c2)c1=O. The number of amides is 2. The number of H-pyrrole nitrogens is 2. The van der Waals surface area contributed by atoms with Gasteiger partial charge in [0.2, 0.25) is 0 Å². The van der Waals surface area contributed by atoms with Crippen LogP contribution in [0.1, 0.15) is 26.3 Å². The molecule has 2 amide bonds. The number of benzene rings is 4. The summed E-state index contributed by atoms with van der Waals surface area (Å²) >= 11 is 0. The van der Waals surface area contributed by atoms with Crippen molar-refractivity contribution in [3.05, 3.63) is 202 Å². The normalized spacial score (nSPS) is 10.9. The second kappa shape index (κ2) is 18.6. The first-order valence-corrected chi connectivity index (χ1v) is 20.2. The lowest BCUT2D eigenvalue weighted by molar-refractivity contribution is 0.101. The zero-order valence-corrected chi connectivity index (χ0v) is 34.9. The monoisotopic (exact) mass is 896 g/mol. The second-order valence-electron chi connectivity index (χ2n) is 14.6. The van der Waals surface area contributed by atoms with Gasteiger partial charge in [-0.1, -0.05) is 18.2 Å². The molecule has 0 unspecified atom stereocenters. The number of nitrogens with one attached hydrogen (secondary N) is 6. The Balaban J connectivity index is 0.000000168. The minimum absolute atomic E-state index is 0.0609. The molecule has 0 aliphatic heterocycles. The number of rotatable bonds is 10. The molecule has 0 fully saturated rings. The van der Waals surface area contributed by atoms with Crippen LogP contribution in [0.4, 0.5) is 43.2 Å². The fourth-order valence-corrected chi connectivity index (χ4v) is 6.86. The van der Waals surface area contributed by atoms with Gasteiger partial charge >= 0.3 is 0 Å². The molecule has 10 aromatic rings. The van der Waals surface area contributed by atoms with E-state index in [9.17, 15) is 28.0 Å². The van der Waals surface area contributed by atoms with Gasteiger partial charge in [-0.25, -0.2) is 38.7 Å².